The van der Waals surface area contributed by atoms with Gasteiger partial charge in [0, 0.05) is 0 Å². The van der Waals surface area contributed by atoms with Gasteiger partial charge in [-0.1, -0.05) is 54.3 Å². The highest BCUT2D eigenvalue weighted by molar-refractivity contribution is 8.27. The largest absolute Gasteiger partial charge is 0.495 e. The number of halogens is 1. The number of nitrogens with zero attached hydrogens (tertiary/aromatic N) is 1. The lowest BCUT2D eigenvalue weighted by Crippen LogP contribution is -2.27. The molecule has 34 heavy (non-hydrogen) atoms. The van der Waals surface area contributed by atoms with E-state index in [-0.39, 0.29) is 18.4 Å². The van der Waals surface area contributed by atoms with Gasteiger partial charge in [-0.15, -0.1) is 0 Å². The van der Waals surface area contributed by atoms with Crippen molar-refractivity contribution in [3.8, 4) is 11.5 Å². The third-order valence-electron chi connectivity index (χ3n) is 4.79. The van der Waals surface area contributed by atoms with Gasteiger partial charge < -0.3 is 14.8 Å². The average molecular weight is 495 g/mol. The van der Waals surface area contributed by atoms with Gasteiger partial charge >= 0.3 is 0 Å². The highest BCUT2D eigenvalue weighted by atomic mass is 32.2. The first kappa shape index (κ1) is 23.5. The fourth-order valence-electron chi connectivity index (χ4n) is 3.20. The van der Waals surface area contributed by atoms with E-state index in [0.717, 1.165) is 17.3 Å². The molecular formula is C25H19FN2O4S2. The number of methoxy groups -OCH3 is 1. The molecule has 1 fully saturated rings. The molecule has 0 spiro atoms. The third kappa shape index (κ3) is 5.44. The van der Waals surface area contributed by atoms with Gasteiger partial charge in [-0.25, -0.2) is 4.39 Å². The Balaban J connectivity index is 1.37. The van der Waals surface area contributed by atoms with Crippen LogP contribution < -0.4 is 19.7 Å². The molecule has 0 bridgehead atoms. The molecule has 0 radical (unpaired) electrons. The Morgan fingerprint density at radius 2 is 1.88 bits per heavy atom. The molecule has 1 saturated heterocycles. The van der Waals surface area contributed by atoms with Crippen LogP contribution in [0.3, 0.4) is 0 Å². The molecule has 1 aliphatic heterocycles. The normalized spacial score (nSPS) is 14.4. The second-order valence-corrected chi connectivity index (χ2v) is 8.78. The Bertz CT molecular complexity index is 1280. The van der Waals surface area contributed by atoms with E-state index in [2.05, 4.69) is 5.32 Å². The van der Waals surface area contributed by atoms with Gasteiger partial charge in [0.25, 0.3) is 11.8 Å². The Morgan fingerprint density at radius 1 is 1.12 bits per heavy atom. The highest BCUT2D eigenvalue weighted by Gasteiger charge is 2.33. The van der Waals surface area contributed by atoms with Crippen molar-refractivity contribution >= 4 is 57.6 Å². The summed E-state index contributed by atoms with van der Waals surface area (Å²) in [7, 11) is 1.53. The second-order valence-electron chi connectivity index (χ2n) is 7.10. The predicted octanol–water partition coefficient (Wildman–Crippen LogP) is 5.26. The number of thiocarbonyl (C=S) groups is 1. The number of anilines is 2. The van der Waals surface area contributed by atoms with E-state index in [1.165, 1.54) is 30.2 Å². The van der Waals surface area contributed by atoms with Gasteiger partial charge in [0.15, 0.2) is 10.9 Å². The number of rotatable bonds is 7. The molecule has 3 aromatic rings. The zero-order chi connectivity index (χ0) is 24.1. The zero-order valence-electron chi connectivity index (χ0n) is 18.0. The average Bonchev–Trinajstić information content (AvgIpc) is 3.11. The predicted molar refractivity (Wildman–Crippen MR) is 136 cm³/mol. The van der Waals surface area contributed by atoms with Crippen molar-refractivity contribution in [3.63, 3.8) is 0 Å². The van der Waals surface area contributed by atoms with Crippen LogP contribution >= 0.6 is 24.0 Å². The van der Waals surface area contributed by atoms with Crippen molar-refractivity contribution in [3.05, 3.63) is 89.1 Å². The van der Waals surface area contributed by atoms with Crippen molar-refractivity contribution in [2.24, 2.45) is 0 Å². The summed E-state index contributed by atoms with van der Waals surface area (Å²) in [6, 6.07) is 19.8. The summed E-state index contributed by atoms with van der Waals surface area (Å²) < 4.78 is 24.7. The number of thioether (sulfide) groups is 1. The number of carbonyl (C=O) groups is 2. The monoisotopic (exact) mass is 494 g/mol. The minimum absolute atomic E-state index is 0.177. The number of hydrogen-bond acceptors (Lipinski definition) is 6. The van der Waals surface area contributed by atoms with Gasteiger partial charge in [-0.3, -0.25) is 14.5 Å². The first-order valence-electron chi connectivity index (χ1n) is 10.1. The lowest BCUT2D eigenvalue weighted by molar-refractivity contribution is -0.118. The molecule has 0 unspecified atom stereocenters. The van der Waals surface area contributed by atoms with Crippen molar-refractivity contribution in [1.29, 1.82) is 0 Å². The van der Waals surface area contributed by atoms with Crippen LogP contribution in [0.1, 0.15) is 5.56 Å². The fourth-order valence-corrected chi connectivity index (χ4v) is 4.50. The van der Waals surface area contributed by atoms with Gasteiger partial charge in [0.1, 0.15) is 17.3 Å². The molecule has 6 nitrogen and oxygen atoms in total. The minimum Gasteiger partial charge on any atom is -0.495 e. The van der Waals surface area contributed by atoms with Gasteiger partial charge in [0.2, 0.25) is 0 Å². The molecule has 0 aliphatic carbocycles. The molecule has 2 amide bonds. The Labute approximate surface area is 205 Å². The summed E-state index contributed by atoms with van der Waals surface area (Å²) in [6.45, 7) is -0.177. The van der Waals surface area contributed by atoms with E-state index >= 15 is 0 Å². The summed E-state index contributed by atoms with van der Waals surface area (Å²) in [5.74, 6) is -0.0195. The number of amides is 2. The number of benzene rings is 3. The molecule has 0 atom stereocenters. The topological polar surface area (TPSA) is 67.9 Å². The van der Waals surface area contributed by atoms with Crippen LogP contribution in [0.15, 0.2) is 77.7 Å². The maximum absolute atomic E-state index is 13.6. The molecular weight excluding hydrogens is 475 g/mol. The number of para-hydroxylation sites is 2. The summed E-state index contributed by atoms with van der Waals surface area (Å²) in [5.41, 5.74) is 1.70. The number of carbonyl (C=O) groups excluding carboxylic acids is 2. The van der Waals surface area contributed by atoms with Crippen LogP contribution in [-0.2, 0) is 9.59 Å². The molecule has 0 aromatic heterocycles. The van der Waals surface area contributed by atoms with E-state index in [1.807, 2.05) is 6.07 Å². The Hall–Kier alpha value is -3.69. The lowest BCUT2D eigenvalue weighted by atomic mass is 10.2. The maximum Gasteiger partial charge on any atom is 0.270 e. The summed E-state index contributed by atoms with van der Waals surface area (Å²) in [5, 5.41) is 2.74. The van der Waals surface area contributed by atoms with Gasteiger partial charge in [-0.05, 0) is 54.1 Å². The molecule has 3 aromatic carbocycles. The quantitative estimate of drug-likeness (QED) is 0.357. The lowest BCUT2D eigenvalue weighted by Gasteiger charge is -2.14. The van der Waals surface area contributed by atoms with Crippen LogP contribution in [0.5, 0.6) is 11.5 Å². The molecule has 9 heteroatoms. The van der Waals surface area contributed by atoms with Gasteiger partial charge in [0.05, 0.1) is 23.4 Å². The van der Waals surface area contributed by atoms with E-state index in [1.54, 1.807) is 54.6 Å². The molecule has 4 rings (SSSR count). The smallest absolute Gasteiger partial charge is 0.270 e. The highest BCUT2D eigenvalue weighted by Crippen LogP contribution is 2.36. The number of hydrogen-bond donors (Lipinski definition) is 1. The Morgan fingerprint density at radius 3 is 2.62 bits per heavy atom. The summed E-state index contributed by atoms with van der Waals surface area (Å²) in [6.07, 6.45) is 1.71. The van der Waals surface area contributed by atoms with Crippen LogP contribution in [0, 0.1) is 5.82 Å². The van der Waals surface area contributed by atoms with Gasteiger partial charge in [-0.2, -0.15) is 0 Å². The molecule has 0 saturated carbocycles. The fraction of sp³-hybridized carbons (Fsp3) is 0.0800. The van der Waals surface area contributed by atoms with Crippen molar-refractivity contribution < 1.29 is 23.5 Å². The standard InChI is InChI=1S/C25H19FN2O4S2/c1-31-21-8-3-2-7-20(21)27-23(29)15-32-19-11-9-16(10-12-19)13-22-24(30)28(25(33)34-22)18-6-4-5-17(26)14-18/h2-14H,15H2,1H3,(H,27,29)/b22-13+. The summed E-state index contributed by atoms with van der Waals surface area (Å²) in [4.78, 5) is 26.8. The third-order valence-corrected chi connectivity index (χ3v) is 6.09. The number of ether oxygens (including phenoxy) is 2. The first-order chi connectivity index (χ1) is 16.4. The number of nitrogens with one attached hydrogen (secondary N) is 1. The van der Waals surface area contributed by atoms with E-state index in [9.17, 15) is 14.0 Å². The molecule has 1 N–H and O–H groups in total. The van der Waals surface area contributed by atoms with Crippen molar-refractivity contribution in [2.75, 3.05) is 23.9 Å². The molecule has 172 valence electrons. The van der Waals surface area contributed by atoms with E-state index in [0.29, 0.717) is 32.1 Å². The second kappa shape index (κ2) is 10.5. The minimum atomic E-state index is -0.442. The molecule has 1 aliphatic rings. The van der Waals surface area contributed by atoms with E-state index < -0.39 is 5.82 Å². The van der Waals surface area contributed by atoms with Crippen molar-refractivity contribution in [1.82, 2.24) is 0 Å². The van der Waals surface area contributed by atoms with E-state index in [4.69, 9.17) is 21.7 Å². The zero-order valence-corrected chi connectivity index (χ0v) is 19.6. The van der Waals surface area contributed by atoms with Crippen LogP contribution in [-0.4, -0.2) is 29.9 Å². The maximum atomic E-state index is 13.6. The van der Waals surface area contributed by atoms with Crippen molar-refractivity contribution in [2.45, 2.75) is 0 Å². The Kier molecular flexibility index (Phi) is 7.24. The molecule has 1 heterocycles. The van der Waals surface area contributed by atoms with Crippen LogP contribution in [0.2, 0.25) is 0 Å². The first-order valence-corrected chi connectivity index (χ1v) is 11.4. The van der Waals surface area contributed by atoms with Crippen LogP contribution in [0.25, 0.3) is 6.08 Å². The summed E-state index contributed by atoms with van der Waals surface area (Å²) >= 11 is 6.47. The SMILES string of the molecule is COc1ccccc1NC(=O)COc1ccc(/C=C2/SC(=S)N(c3cccc(F)c3)C2=O)cc1. The van der Waals surface area contributed by atoms with Crippen LogP contribution in [0.4, 0.5) is 15.8 Å².